The fourth-order valence-electron chi connectivity index (χ4n) is 3.34. The second kappa shape index (κ2) is 7.92. The molecule has 0 radical (unpaired) electrons. The molecule has 4 rings (SSSR count). The number of para-hydroxylation sites is 1. The number of hydrogen-bond acceptors (Lipinski definition) is 4. The summed E-state index contributed by atoms with van der Waals surface area (Å²) in [5, 5.41) is 0.693. The molecule has 0 N–H and O–H groups in total. The average molecular weight is 434 g/mol. The number of anilines is 1. The molecule has 0 aliphatic rings. The summed E-state index contributed by atoms with van der Waals surface area (Å²) in [6.07, 6.45) is 1.14. The van der Waals surface area contributed by atoms with Gasteiger partial charge in [0.15, 0.2) is 9.84 Å². The first-order valence-corrected chi connectivity index (χ1v) is 11.4. The van der Waals surface area contributed by atoms with Gasteiger partial charge in [-0.3, -0.25) is 4.79 Å². The lowest BCUT2D eigenvalue weighted by atomic mass is 10.0. The molecule has 0 atom stereocenters. The molecule has 0 aliphatic carbocycles. The van der Waals surface area contributed by atoms with Crippen LogP contribution in [0.15, 0.2) is 83.8 Å². The van der Waals surface area contributed by atoms with E-state index in [1.54, 1.807) is 37.4 Å². The number of nitrogens with zero attached hydrogens (tertiary/aromatic N) is 2. The van der Waals surface area contributed by atoms with Gasteiger partial charge < -0.3 is 4.90 Å². The molecule has 0 fully saturated rings. The number of fused-ring (bicyclic) bond motifs is 1. The molecule has 5 nitrogen and oxygen atoms in total. The van der Waals surface area contributed by atoms with Gasteiger partial charge in [0.2, 0.25) is 0 Å². The highest BCUT2D eigenvalue weighted by Crippen LogP contribution is 2.27. The maximum Gasteiger partial charge on any atom is 0.258 e. The molecule has 0 spiro atoms. The van der Waals surface area contributed by atoms with E-state index in [9.17, 15) is 17.6 Å². The maximum atomic E-state index is 13.4. The van der Waals surface area contributed by atoms with Crippen LogP contribution in [0.4, 0.5) is 10.1 Å². The van der Waals surface area contributed by atoms with Crippen LogP contribution in [-0.4, -0.2) is 32.6 Å². The molecule has 31 heavy (non-hydrogen) atoms. The molecule has 4 aromatic rings. The third kappa shape index (κ3) is 4.18. The molecule has 0 bridgehead atoms. The molecule has 0 unspecified atom stereocenters. The van der Waals surface area contributed by atoms with Gasteiger partial charge >= 0.3 is 0 Å². The van der Waals surface area contributed by atoms with E-state index in [0.717, 1.165) is 6.26 Å². The van der Waals surface area contributed by atoms with E-state index in [2.05, 4.69) is 4.98 Å². The average Bonchev–Trinajstić information content (AvgIpc) is 2.77. The monoisotopic (exact) mass is 434 g/mol. The quantitative estimate of drug-likeness (QED) is 0.466. The van der Waals surface area contributed by atoms with Crippen molar-refractivity contribution in [2.75, 3.05) is 18.2 Å². The number of hydrogen-bond donors (Lipinski definition) is 0. The van der Waals surface area contributed by atoms with Crippen molar-refractivity contribution < 1.29 is 17.6 Å². The van der Waals surface area contributed by atoms with Crippen molar-refractivity contribution in [3.05, 3.63) is 90.2 Å². The summed E-state index contributed by atoms with van der Waals surface area (Å²) >= 11 is 0. The van der Waals surface area contributed by atoms with Crippen LogP contribution >= 0.6 is 0 Å². The van der Waals surface area contributed by atoms with Crippen molar-refractivity contribution in [1.29, 1.82) is 0 Å². The van der Waals surface area contributed by atoms with Crippen molar-refractivity contribution in [2.45, 2.75) is 4.90 Å². The summed E-state index contributed by atoms with van der Waals surface area (Å²) in [5.41, 5.74) is 2.90. The lowest BCUT2D eigenvalue weighted by molar-refractivity contribution is 0.0994. The second-order valence-corrected chi connectivity index (χ2v) is 9.23. The minimum atomic E-state index is -3.32. The first-order chi connectivity index (χ1) is 14.7. The van der Waals surface area contributed by atoms with E-state index < -0.39 is 9.84 Å². The number of pyridine rings is 1. The van der Waals surface area contributed by atoms with Gasteiger partial charge in [0, 0.05) is 29.9 Å². The van der Waals surface area contributed by atoms with Crippen LogP contribution in [0, 0.1) is 5.82 Å². The van der Waals surface area contributed by atoms with Crippen LogP contribution in [0.5, 0.6) is 0 Å². The van der Waals surface area contributed by atoms with Gasteiger partial charge in [-0.1, -0.05) is 18.2 Å². The first-order valence-electron chi connectivity index (χ1n) is 9.48. The van der Waals surface area contributed by atoms with Crippen molar-refractivity contribution in [3.8, 4) is 11.3 Å². The Labute approximate surface area is 179 Å². The van der Waals surface area contributed by atoms with Gasteiger partial charge in [0.25, 0.3) is 5.91 Å². The highest BCUT2D eigenvalue weighted by Gasteiger charge is 2.19. The summed E-state index contributed by atoms with van der Waals surface area (Å²) in [6, 6.07) is 21.1. The summed E-state index contributed by atoms with van der Waals surface area (Å²) in [4.78, 5) is 19.7. The molecule has 1 amide bonds. The number of benzene rings is 3. The number of aromatic nitrogens is 1. The number of amides is 1. The van der Waals surface area contributed by atoms with Gasteiger partial charge in [0.1, 0.15) is 5.82 Å². The molecule has 1 aromatic heterocycles. The zero-order valence-corrected chi connectivity index (χ0v) is 17.7. The predicted molar refractivity (Wildman–Crippen MR) is 119 cm³/mol. The Hall–Kier alpha value is -3.58. The fraction of sp³-hybridized carbons (Fsp3) is 0.0833. The number of sulfone groups is 1. The standard InChI is InChI=1S/C24H19FN2O3S/c1-27(18-11-13-19(14-12-18)31(2,29)30)24(28)21-15-23(16-7-9-17(25)10-8-16)26-22-6-4-3-5-20(21)22/h3-15H,1-2H3. The lowest BCUT2D eigenvalue weighted by Gasteiger charge is -2.19. The Morgan fingerprint density at radius 1 is 0.935 bits per heavy atom. The molecule has 0 saturated carbocycles. The van der Waals surface area contributed by atoms with Gasteiger partial charge in [-0.15, -0.1) is 0 Å². The van der Waals surface area contributed by atoms with E-state index in [1.807, 2.05) is 24.3 Å². The minimum absolute atomic E-state index is 0.185. The van der Waals surface area contributed by atoms with Gasteiger partial charge in [-0.25, -0.2) is 17.8 Å². The van der Waals surface area contributed by atoms with E-state index >= 15 is 0 Å². The second-order valence-electron chi connectivity index (χ2n) is 7.21. The van der Waals surface area contributed by atoms with Crippen molar-refractivity contribution in [3.63, 3.8) is 0 Å². The number of carbonyl (C=O) groups excluding carboxylic acids is 1. The van der Waals surface area contributed by atoms with E-state index in [1.165, 1.54) is 29.2 Å². The van der Waals surface area contributed by atoms with Crippen LogP contribution in [0.2, 0.25) is 0 Å². The predicted octanol–water partition coefficient (Wildman–Crippen LogP) is 4.72. The van der Waals surface area contributed by atoms with Gasteiger partial charge in [0.05, 0.1) is 21.7 Å². The third-order valence-corrected chi connectivity index (χ3v) is 6.17. The Bertz CT molecular complexity index is 1380. The van der Waals surface area contributed by atoms with Crippen LogP contribution in [0.25, 0.3) is 22.2 Å². The largest absolute Gasteiger partial charge is 0.311 e. The van der Waals surface area contributed by atoms with E-state index in [4.69, 9.17) is 0 Å². The highest BCUT2D eigenvalue weighted by molar-refractivity contribution is 7.90. The van der Waals surface area contributed by atoms with Gasteiger partial charge in [-0.2, -0.15) is 0 Å². The van der Waals surface area contributed by atoms with E-state index in [-0.39, 0.29) is 16.6 Å². The van der Waals surface area contributed by atoms with Crippen LogP contribution in [-0.2, 0) is 9.84 Å². The van der Waals surface area contributed by atoms with Crippen LogP contribution in [0.3, 0.4) is 0 Å². The summed E-state index contributed by atoms with van der Waals surface area (Å²) < 4.78 is 36.7. The van der Waals surface area contributed by atoms with E-state index in [0.29, 0.717) is 33.4 Å². The molecule has 0 saturated heterocycles. The van der Waals surface area contributed by atoms with Crippen LogP contribution < -0.4 is 4.90 Å². The Balaban J connectivity index is 1.78. The smallest absolute Gasteiger partial charge is 0.258 e. The number of halogens is 1. The topological polar surface area (TPSA) is 67.3 Å². The number of carbonyl (C=O) groups is 1. The SMILES string of the molecule is CN(C(=O)c1cc(-c2ccc(F)cc2)nc2ccccc12)c1ccc(S(C)(=O)=O)cc1. The minimum Gasteiger partial charge on any atom is -0.311 e. The van der Waals surface area contributed by atoms with Crippen molar-refractivity contribution >= 4 is 32.3 Å². The first kappa shape index (κ1) is 20.7. The zero-order chi connectivity index (χ0) is 22.2. The van der Waals surface area contributed by atoms with Gasteiger partial charge in [-0.05, 0) is 60.7 Å². The summed E-state index contributed by atoms with van der Waals surface area (Å²) in [5.74, 6) is -0.618. The molecule has 3 aromatic carbocycles. The Morgan fingerprint density at radius 2 is 1.58 bits per heavy atom. The molecule has 7 heteroatoms. The summed E-state index contributed by atoms with van der Waals surface area (Å²) in [6.45, 7) is 0. The van der Waals surface area contributed by atoms with Crippen molar-refractivity contribution in [1.82, 2.24) is 4.98 Å². The Kier molecular flexibility index (Phi) is 5.29. The molecular formula is C24H19FN2O3S. The number of rotatable bonds is 4. The molecule has 0 aliphatic heterocycles. The summed E-state index contributed by atoms with van der Waals surface area (Å²) in [7, 11) is -1.69. The third-order valence-electron chi connectivity index (χ3n) is 5.04. The maximum absolute atomic E-state index is 13.4. The molecular weight excluding hydrogens is 415 g/mol. The molecule has 156 valence electrons. The highest BCUT2D eigenvalue weighted by atomic mass is 32.2. The lowest BCUT2D eigenvalue weighted by Crippen LogP contribution is -2.26. The van der Waals surface area contributed by atoms with Crippen molar-refractivity contribution in [2.24, 2.45) is 0 Å². The normalized spacial score (nSPS) is 11.5. The fourth-order valence-corrected chi connectivity index (χ4v) is 3.97. The Morgan fingerprint density at radius 3 is 2.23 bits per heavy atom. The zero-order valence-electron chi connectivity index (χ0n) is 16.9. The molecule has 1 heterocycles. The van der Waals surface area contributed by atoms with Crippen LogP contribution in [0.1, 0.15) is 10.4 Å².